The molecular weight excluding hydrogens is 251 g/mol. The molecule has 0 saturated heterocycles. The van der Waals surface area contributed by atoms with E-state index < -0.39 is 11.7 Å². The van der Waals surface area contributed by atoms with E-state index in [0.717, 1.165) is 0 Å². The SMILES string of the molecule is Cc1cccc(OCc2ccc(C(=O)NN)o2)c1F. The first-order chi connectivity index (χ1) is 9.11. The Labute approximate surface area is 109 Å². The zero-order valence-electron chi connectivity index (χ0n) is 10.3. The first kappa shape index (κ1) is 13.1. The normalized spacial score (nSPS) is 10.3. The van der Waals surface area contributed by atoms with Crippen LogP contribution < -0.4 is 16.0 Å². The number of furan rings is 1. The maximum atomic E-state index is 13.7. The largest absolute Gasteiger partial charge is 0.483 e. The molecule has 1 aromatic heterocycles. The minimum atomic E-state index is -0.534. The summed E-state index contributed by atoms with van der Waals surface area (Å²) in [4.78, 5) is 11.2. The summed E-state index contributed by atoms with van der Waals surface area (Å²) in [7, 11) is 0. The van der Waals surface area contributed by atoms with Gasteiger partial charge in [-0.15, -0.1) is 0 Å². The number of aryl methyl sites for hydroxylation is 1. The van der Waals surface area contributed by atoms with Crippen LogP contribution >= 0.6 is 0 Å². The molecular formula is C13H13FN2O3. The van der Waals surface area contributed by atoms with Gasteiger partial charge in [0.05, 0.1) is 0 Å². The predicted octanol–water partition coefficient (Wildman–Crippen LogP) is 1.91. The highest BCUT2D eigenvalue weighted by molar-refractivity contribution is 5.90. The van der Waals surface area contributed by atoms with Crippen LogP contribution in [0.25, 0.3) is 0 Å². The van der Waals surface area contributed by atoms with Crippen molar-refractivity contribution < 1.29 is 18.3 Å². The van der Waals surface area contributed by atoms with Crippen LogP contribution in [-0.2, 0) is 6.61 Å². The number of halogens is 1. The average molecular weight is 264 g/mol. The Hall–Kier alpha value is -2.34. The molecule has 0 bridgehead atoms. The van der Waals surface area contributed by atoms with Crippen molar-refractivity contribution in [2.75, 3.05) is 0 Å². The highest BCUT2D eigenvalue weighted by Gasteiger charge is 2.11. The Balaban J connectivity index is 2.04. The van der Waals surface area contributed by atoms with Crippen molar-refractivity contribution in [3.05, 3.63) is 53.2 Å². The van der Waals surface area contributed by atoms with E-state index in [0.29, 0.717) is 11.3 Å². The second kappa shape index (κ2) is 5.53. The number of ether oxygens (including phenoxy) is 1. The molecule has 2 rings (SSSR count). The van der Waals surface area contributed by atoms with Crippen molar-refractivity contribution >= 4 is 5.91 Å². The number of nitrogens with two attached hydrogens (primary N) is 1. The minimum absolute atomic E-state index is 0.0260. The van der Waals surface area contributed by atoms with Gasteiger partial charge in [0.15, 0.2) is 17.3 Å². The van der Waals surface area contributed by atoms with Crippen LogP contribution in [0.5, 0.6) is 5.75 Å². The number of hydrogen-bond acceptors (Lipinski definition) is 4. The molecule has 6 heteroatoms. The molecule has 0 fully saturated rings. The molecule has 0 aliphatic heterocycles. The third-order valence-corrected chi connectivity index (χ3v) is 2.54. The lowest BCUT2D eigenvalue weighted by molar-refractivity contribution is 0.0921. The number of nitrogen functional groups attached to an aromatic ring is 1. The van der Waals surface area contributed by atoms with Crippen LogP contribution in [0.3, 0.4) is 0 Å². The lowest BCUT2D eigenvalue weighted by Crippen LogP contribution is -2.29. The third kappa shape index (κ3) is 2.92. The Morgan fingerprint density at radius 1 is 1.42 bits per heavy atom. The molecule has 0 spiro atoms. The van der Waals surface area contributed by atoms with Crippen molar-refractivity contribution in [3.8, 4) is 5.75 Å². The van der Waals surface area contributed by atoms with E-state index in [1.165, 1.54) is 12.1 Å². The van der Waals surface area contributed by atoms with Gasteiger partial charge in [-0.25, -0.2) is 10.2 Å². The Bertz CT molecular complexity index is 595. The molecule has 3 N–H and O–H groups in total. The fourth-order valence-corrected chi connectivity index (χ4v) is 1.53. The van der Waals surface area contributed by atoms with Crippen LogP contribution in [0, 0.1) is 12.7 Å². The number of hydrogen-bond donors (Lipinski definition) is 2. The molecule has 0 saturated carbocycles. The summed E-state index contributed by atoms with van der Waals surface area (Å²) in [6, 6.07) is 7.91. The first-order valence-electron chi connectivity index (χ1n) is 5.59. The molecule has 0 aliphatic carbocycles. The second-order valence-electron chi connectivity index (χ2n) is 3.92. The van der Waals surface area contributed by atoms with Crippen molar-refractivity contribution in [2.45, 2.75) is 13.5 Å². The maximum absolute atomic E-state index is 13.7. The highest BCUT2D eigenvalue weighted by atomic mass is 19.1. The highest BCUT2D eigenvalue weighted by Crippen LogP contribution is 2.21. The third-order valence-electron chi connectivity index (χ3n) is 2.54. The van der Waals surface area contributed by atoms with Gasteiger partial charge in [0.25, 0.3) is 0 Å². The van der Waals surface area contributed by atoms with Crippen LogP contribution in [0.1, 0.15) is 21.9 Å². The summed E-state index contributed by atoms with van der Waals surface area (Å²) in [5.74, 6) is 4.65. The van der Waals surface area contributed by atoms with Crippen LogP contribution in [-0.4, -0.2) is 5.91 Å². The maximum Gasteiger partial charge on any atom is 0.300 e. The summed E-state index contributed by atoms with van der Waals surface area (Å²) < 4.78 is 24.1. The number of benzene rings is 1. The van der Waals surface area contributed by atoms with Gasteiger partial charge in [0.2, 0.25) is 0 Å². The quantitative estimate of drug-likeness (QED) is 0.502. The monoisotopic (exact) mass is 264 g/mol. The molecule has 0 radical (unpaired) electrons. The molecule has 1 heterocycles. The summed E-state index contributed by atoms with van der Waals surface area (Å²) in [6.45, 7) is 1.68. The van der Waals surface area contributed by atoms with Crippen molar-refractivity contribution in [1.82, 2.24) is 5.43 Å². The summed E-state index contributed by atoms with van der Waals surface area (Å²) >= 11 is 0. The molecule has 0 aliphatic rings. The standard InChI is InChI=1S/C13H13FN2O3/c1-8-3-2-4-10(12(8)14)18-7-9-5-6-11(19-9)13(17)16-15/h2-6H,7,15H2,1H3,(H,16,17). The molecule has 1 amide bonds. The Morgan fingerprint density at radius 2 is 2.21 bits per heavy atom. The first-order valence-corrected chi connectivity index (χ1v) is 5.59. The predicted molar refractivity (Wildman–Crippen MR) is 65.8 cm³/mol. The zero-order chi connectivity index (χ0) is 13.8. The molecule has 5 nitrogen and oxygen atoms in total. The summed E-state index contributed by atoms with van der Waals surface area (Å²) in [6.07, 6.45) is 0. The van der Waals surface area contributed by atoms with E-state index in [1.807, 2.05) is 5.43 Å². The Kier molecular flexibility index (Phi) is 3.82. The lowest BCUT2D eigenvalue weighted by atomic mass is 10.2. The van der Waals surface area contributed by atoms with E-state index in [1.54, 1.807) is 25.1 Å². The van der Waals surface area contributed by atoms with Crippen LogP contribution in [0.4, 0.5) is 4.39 Å². The van der Waals surface area contributed by atoms with E-state index in [-0.39, 0.29) is 18.1 Å². The average Bonchev–Trinajstić information content (AvgIpc) is 2.88. The van der Waals surface area contributed by atoms with Crippen molar-refractivity contribution in [2.24, 2.45) is 5.84 Å². The molecule has 0 atom stereocenters. The number of amides is 1. The molecule has 0 unspecified atom stereocenters. The topological polar surface area (TPSA) is 77.5 Å². The fraction of sp³-hybridized carbons (Fsp3) is 0.154. The molecule has 1 aromatic carbocycles. The second-order valence-corrected chi connectivity index (χ2v) is 3.92. The smallest absolute Gasteiger partial charge is 0.300 e. The van der Waals surface area contributed by atoms with E-state index >= 15 is 0 Å². The van der Waals surface area contributed by atoms with Gasteiger partial charge in [0.1, 0.15) is 12.4 Å². The molecule has 2 aromatic rings. The van der Waals surface area contributed by atoms with Gasteiger partial charge in [-0.2, -0.15) is 0 Å². The Morgan fingerprint density at radius 3 is 2.95 bits per heavy atom. The summed E-state index contributed by atoms with van der Waals surface area (Å²) in [5.41, 5.74) is 2.45. The van der Waals surface area contributed by atoms with Crippen LogP contribution in [0.2, 0.25) is 0 Å². The van der Waals surface area contributed by atoms with E-state index in [4.69, 9.17) is 15.0 Å². The van der Waals surface area contributed by atoms with E-state index in [2.05, 4.69) is 0 Å². The fourth-order valence-electron chi connectivity index (χ4n) is 1.53. The van der Waals surface area contributed by atoms with E-state index in [9.17, 15) is 9.18 Å². The van der Waals surface area contributed by atoms with Crippen LogP contribution in [0.15, 0.2) is 34.7 Å². The lowest BCUT2D eigenvalue weighted by Gasteiger charge is -2.06. The molecule has 19 heavy (non-hydrogen) atoms. The van der Waals surface area contributed by atoms with Gasteiger partial charge < -0.3 is 9.15 Å². The zero-order valence-corrected chi connectivity index (χ0v) is 10.3. The van der Waals surface area contributed by atoms with Gasteiger partial charge in [-0.05, 0) is 30.7 Å². The number of hydrazine groups is 1. The number of carbonyl (C=O) groups is 1. The molecule has 100 valence electrons. The van der Waals surface area contributed by atoms with Crippen molar-refractivity contribution in [3.63, 3.8) is 0 Å². The van der Waals surface area contributed by atoms with Crippen molar-refractivity contribution in [1.29, 1.82) is 0 Å². The number of nitrogens with one attached hydrogen (secondary N) is 1. The van der Waals surface area contributed by atoms with Gasteiger partial charge in [-0.1, -0.05) is 12.1 Å². The number of rotatable bonds is 4. The van der Waals surface area contributed by atoms with Gasteiger partial charge >= 0.3 is 5.91 Å². The summed E-state index contributed by atoms with van der Waals surface area (Å²) in [5, 5.41) is 0. The van der Waals surface area contributed by atoms with Gasteiger partial charge in [0, 0.05) is 0 Å². The number of carbonyl (C=O) groups excluding carboxylic acids is 1. The minimum Gasteiger partial charge on any atom is -0.483 e. The van der Waals surface area contributed by atoms with Gasteiger partial charge in [-0.3, -0.25) is 10.2 Å².